The van der Waals surface area contributed by atoms with Crippen LogP contribution < -0.4 is 5.32 Å². The van der Waals surface area contributed by atoms with Gasteiger partial charge in [-0.15, -0.1) is 0 Å². The van der Waals surface area contributed by atoms with Crippen molar-refractivity contribution in [2.75, 3.05) is 6.56 Å². The fourth-order valence-corrected chi connectivity index (χ4v) is 5.55. The van der Waals surface area contributed by atoms with Crippen molar-refractivity contribution in [1.82, 2.24) is 5.32 Å². The number of aliphatic hydroxyl groups excluding tert-OH is 1. The lowest BCUT2D eigenvalue weighted by molar-refractivity contribution is -0.123. The molecule has 244 valence electrons. The van der Waals surface area contributed by atoms with Crippen LogP contribution in [0.2, 0.25) is 0 Å². The Hall–Kier alpha value is -0.870. The monoisotopic (exact) mass is 584 g/mol. The first-order valence-corrected chi connectivity index (χ1v) is 18.2. The minimum atomic E-state index is -2.69. The predicted molar refractivity (Wildman–Crippen MR) is 179 cm³/mol. The molecule has 4 heteroatoms. The highest BCUT2D eigenvalue weighted by Crippen LogP contribution is 2.15. The van der Waals surface area contributed by atoms with Crippen molar-refractivity contribution in [2.45, 2.75) is 212 Å². The summed E-state index contributed by atoms with van der Waals surface area (Å²) < 4.78 is 15.4. The quantitative estimate of drug-likeness (QED) is 0.0409. The Balaban J connectivity index is 3.84. The number of hydrogen-bond donors (Lipinski definition) is 3. The number of hydrogen-bond acceptors (Lipinski definition) is 3. The molecule has 0 bridgehead atoms. The highest BCUT2D eigenvalue weighted by Gasteiger charge is 2.17. The highest BCUT2D eigenvalue weighted by molar-refractivity contribution is 5.76. The summed E-state index contributed by atoms with van der Waals surface area (Å²) in [6, 6.07) is -1.37. The summed E-state index contributed by atoms with van der Waals surface area (Å²) in [7, 11) is 0. The molecule has 3 N–H and O–H groups in total. The maximum Gasteiger partial charge on any atom is 0.220 e. The van der Waals surface area contributed by atoms with E-state index < -0.39 is 18.7 Å². The molecular formula is C37H73NO3. The summed E-state index contributed by atoms with van der Waals surface area (Å²) in [6.07, 6.45) is 37.7. The number of allylic oxidation sites excluding steroid dienone is 1. The van der Waals surface area contributed by atoms with Gasteiger partial charge in [-0.2, -0.15) is 0 Å². The van der Waals surface area contributed by atoms with Crippen molar-refractivity contribution in [2.24, 2.45) is 0 Å². The molecule has 0 saturated heterocycles. The molecule has 0 spiro atoms. The Morgan fingerprint density at radius 1 is 0.610 bits per heavy atom. The predicted octanol–water partition coefficient (Wildman–Crippen LogP) is 10.7. The van der Waals surface area contributed by atoms with Crippen molar-refractivity contribution in [3.05, 3.63) is 12.2 Å². The lowest BCUT2D eigenvalue weighted by Crippen LogP contribution is -2.45. The molecule has 0 radical (unpaired) electrons. The van der Waals surface area contributed by atoms with Gasteiger partial charge >= 0.3 is 0 Å². The third-order valence-electron chi connectivity index (χ3n) is 8.36. The average molecular weight is 584 g/mol. The molecule has 0 unspecified atom stereocenters. The van der Waals surface area contributed by atoms with Crippen molar-refractivity contribution in [3.8, 4) is 0 Å². The molecule has 0 aromatic heterocycles. The number of rotatable bonds is 33. The van der Waals surface area contributed by atoms with Gasteiger partial charge in [0.25, 0.3) is 0 Å². The van der Waals surface area contributed by atoms with E-state index in [4.69, 9.17) is 2.74 Å². The van der Waals surface area contributed by atoms with Crippen LogP contribution in [0.1, 0.15) is 203 Å². The van der Waals surface area contributed by atoms with E-state index in [-0.39, 0.29) is 5.91 Å². The van der Waals surface area contributed by atoms with E-state index in [1.807, 2.05) is 6.08 Å². The van der Waals surface area contributed by atoms with Crippen molar-refractivity contribution >= 4 is 5.91 Å². The zero-order chi connectivity index (χ0) is 31.9. The van der Waals surface area contributed by atoms with E-state index in [0.29, 0.717) is 6.42 Å². The first-order valence-electron chi connectivity index (χ1n) is 19.2. The third kappa shape index (κ3) is 30.4. The van der Waals surface area contributed by atoms with Gasteiger partial charge < -0.3 is 15.5 Å². The van der Waals surface area contributed by atoms with Crippen LogP contribution in [0.4, 0.5) is 0 Å². The smallest absolute Gasteiger partial charge is 0.220 e. The Bertz CT molecular complexity index is 623. The number of aliphatic hydroxyl groups is 2. The minimum Gasteiger partial charge on any atom is -0.394 e. The SMILES string of the molecule is [2H][13C]([2H])(O)[13C@H](NC(=O)CCCCCCCCCCCCCCCCCC)[C@H](O)C=CCCCCCCCCCCCCC. The summed E-state index contributed by atoms with van der Waals surface area (Å²) in [5.41, 5.74) is 0. The minimum absolute atomic E-state index is 0.292. The van der Waals surface area contributed by atoms with E-state index in [0.717, 1.165) is 38.5 Å². The molecule has 2 atom stereocenters. The second kappa shape index (κ2) is 33.6. The van der Waals surface area contributed by atoms with E-state index >= 15 is 0 Å². The van der Waals surface area contributed by atoms with E-state index in [2.05, 4.69) is 19.2 Å². The van der Waals surface area contributed by atoms with Gasteiger partial charge in [0.15, 0.2) is 0 Å². The van der Waals surface area contributed by atoms with Crippen LogP contribution in [0.5, 0.6) is 0 Å². The highest BCUT2D eigenvalue weighted by atomic mass is 16.4. The van der Waals surface area contributed by atoms with Gasteiger partial charge in [-0.25, -0.2) is 0 Å². The lowest BCUT2D eigenvalue weighted by atomic mass is 10.0. The summed E-state index contributed by atoms with van der Waals surface area (Å²) in [5.74, 6) is -0.314. The Morgan fingerprint density at radius 3 is 1.32 bits per heavy atom. The summed E-state index contributed by atoms with van der Waals surface area (Å²) >= 11 is 0. The topological polar surface area (TPSA) is 69.6 Å². The fourth-order valence-electron chi connectivity index (χ4n) is 5.55. The van der Waals surface area contributed by atoms with Crippen LogP contribution in [0.15, 0.2) is 12.2 Å². The molecule has 0 aliphatic heterocycles. The second-order valence-electron chi connectivity index (χ2n) is 12.5. The molecule has 0 aromatic rings. The first kappa shape index (κ1) is 36.3. The molecule has 0 aliphatic carbocycles. The van der Waals surface area contributed by atoms with Gasteiger partial charge in [0.05, 0.1) is 21.4 Å². The van der Waals surface area contributed by atoms with Gasteiger partial charge in [-0.05, 0) is 19.3 Å². The average Bonchev–Trinajstić information content (AvgIpc) is 2.97. The molecule has 0 heterocycles. The molecule has 1 amide bonds. The van der Waals surface area contributed by atoms with Crippen LogP contribution in [-0.2, 0) is 4.79 Å². The number of carbonyl (C=O) groups is 1. The zero-order valence-electron chi connectivity index (χ0n) is 29.6. The Labute approximate surface area is 259 Å². The largest absolute Gasteiger partial charge is 0.394 e. The van der Waals surface area contributed by atoms with Crippen molar-refractivity contribution in [1.29, 1.82) is 0 Å². The molecule has 4 nitrogen and oxygen atoms in total. The van der Waals surface area contributed by atoms with Gasteiger partial charge in [0.1, 0.15) is 0 Å². The first-order chi connectivity index (χ1) is 20.8. The molecule has 0 fully saturated rings. The normalized spacial score (nSPS) is 14.2. The van der Waals surface area contributed by atoms with Gasteiger partial charge in [-0.1, -0.05) is 187 Å². The van der Waals surface area contributed by atoms with Crippen molar-refractivity contribution < 1.29 is 17.7 Å². The maximum atomic E-state index is 12.4. The summed E-state index contributed by atoms with van der Waals surface area (Å²) in [5, 5.41) is 23.0. The number of nitrogens with one attached hydrogen (secondary N) is 1. The number of amides is 1. The maximum absolute atomic E-state index is 12.4. The molecular weight excluding hydrogens is 508 g/mol. The zero-order valence-corrected chi connectivity index (χ0v) is 27.6. The molecule has 0 rings (SSSR count). The molecule has 0 saturated carbocycles. The van der Waals surface area contributed by atoms with Crippen LogP contribution in [-0.4, -0.2) is 34.8 Å². The lowest BCUT2D eigenvalue weighted by Gasteiger charge is -2.20. The van der Waals surface area contributed by atoms with Crippen molar-refractivity contribution in [3.63, 3.8) is 0 Å². The van der Waals surface area contributed by atoms with Crippen LogP contribution in [0.25, 0.3) is 0 Å². The van der Waals surface area contributed by atoms with Crippen LogP contribution in [0, 0.1) is 0 Å². The van der Waals surface area contributed by atoms with E-state index in [9.17, 15) is 15.0 Å². The van der Waals surface area contributed by atoms with Crippen LogP contribution in [0.3, 0.4) is 0 Å². The molecule has 41 heavy (non-hydrogen) atoms. The Kier molecular flexibility index (Phi) is 29.8. The van der Waals surface area contributed by atoms with Gasteiger partial charge in [0.2, 0.25) is 5.91 Å². The van der Waals surface area contributed by atoms with E-state index in [1.165, 1.54) is 147 Å². The van der Waals surface area contributed by atoms with Gasteiger partial charge in [0, 0.05) is 6.42 Å². The number of carbonyl (C=O) groups excluding carboxylic acids is 1. The fraction of sp³-hybridized carbons (Fsp3) is 0.919. The molecule has 0 aliphatic rings. The second-order valence-corrected chi connectivity index (χ2v) is 12.5. The Morgan fingerprint density at radius 2 is 0.951 bits per heavy atom. The standard InChI is InChI=1S/C37H73NO3/c1-3-5-7-9-11-13-15-17-18-19-21-23-25-27-29-31-33-37(41)38-35(34-39)36(40)32-30-28-26-24-22-20-16-14-12-10-8-6-4-2/h30,32,35-36,39-40H,3-29,31,33-34H2,1-2H3,(H,38,41)/t35-,36+/m0/s1/i34+1D2,35+1. The van der Waals surface area contributed by atoms with Crippen LogP contribution >= 0.6 is 0 Å². The number of unbranched alkanes of at least 4 members (excludes halogenated alkanes) is 26. The molecule has 0 aromatic carbocycles. The summed E-state index contributed by atoms with van der Waals surface area (Å²) in [6.45, 7) is 1.83. The van der Waals surface area contributed by atoms with E-state index in [1.54, 1.807) is 0 Å². The van der Waals surface area contributed by atoms with Gasteiger partial charge in [-0.3, -0.25) is 4.79 Å². The summed E-state index contributed by atoms with van der Waals surface area (Å²) in [4.78, 5) is 12.4. The third-order valence-corrected chi connectivity index (χ3v) is 8.36.